The van der Waals surface area contributed by atoms with Gasteiger partial charge in [-0.15, -0.1) is 0 Å². The number of hydrogen-bond donors (Lipinski definition) is 0. The monoisotopic (exact) mass is 517 g/mol. The van der Waals surface area contributed by atoms with E-state index in [2.05, 4.69) is 46.9 Å². The van der Waals surface area contributed by atoms with Crippen molar-refractivity contribution < 1.29 is 8.42 Å². The zero-order valence-corrected chi connectivity index (χ0v) is 19.3. The Bertz CT molecular complexity index is 1030. The molecule has 5 heteroatoms. The van der Waals surface area contributed by atoms with Crippen molar-refractivity contribution >= 4 is 32.6 Å². The number of rotatable bonds is 5. The first-order chi connectivity index (χ1) is 14.0. The quantitative estimate of drug-likeness (QED) is 0.346. The molecule has 4 rings (SSSR count). The van der Waals surface area contributed by atoms with Gasteiger partial charge in [0.25, 0.3) is 0 Å². The van der Waals surface area contributed by atoms with Crippen LogP contribution in [-0.4, -0.2) is 29.7 Å². The van der Waals surface area contributed by atoms with Gasteiger partial charge in [0.15, 0.2) is 0 Å². The molecule has 0 radical (unpaired) electrons. The van der Waals surface area contributed by atoms with Crippen LogP contribution >= 0.6 is 22.6 Å². The molecule has 3 nitrogen and oxygen atoms in total. The first-order valence-electron chi connectivity index (χ1n) is 9.73. The molecule has 3 aromatic carbocycles. The number of alkyl halides is 1. The van der Waals surface area contributed by atoms with Crippen molar-refractivity contribution in [1.29, 1.82) is 0 Å². The molecule has 0 aliphatic carbocycles. The SMILES string of the molecule is Cc1ccc(S(=O)(=O)N2CC(c3ccccc3)(c3ccccc3)CC2CI)cc1. The summed E-state index contributed by atoms with van der Waals surface area (Å²) in [5.41, 5.74) is 3.04. The van der Waals surface area contributed by atoms with Gasteiger partial charge in [0, 0.05) is 22.4 Å². The molecule has 0 amide bonds. The van der Waals surface area contributed by atoms with Crippen LogP contribution in [0.15, 0.2) is 89.8 Å². The van der Waals surface area contributed by atoms with Gasteiger partial charge in [-0.05, 0) is 36.6 Å². The molecule has 1 unspecified atom stereocenters. The minimum atomic E-state index is -3.58. The van der Waals surface area contributed by atoms with E-state index in [1.54, 1.807) is 16.4 Å². The van der Waals surface area contributed by atoms with Gasteiger partial charge in [0.2, 0.25) is 10.0 Å². The van der Waals surface area contributed by atoms with Crippen LogP contribution in [0, 0.1) is 6.92 Å². The lowest BCUT2D eigenvalue weighted by atomic mass is 9.73. The molecular weight excluding hydrogens is 493 g/mol. The summed E-state index contributed by atoms with van der Waals surface area (Å²) in [6.07, 6.45) is 0.773. The summed E-state index contributed by atoms with van der Waals surface area (Å²) in [5.74, 6) is 0. The van der Waals surface area contributed by atoms with Crippen molar-refractivity contribution in [3.63, 3.8) is 0 Å². The van der Waals surface area contributed by atoms with Gasteiger partial charge in [-0.1, -0.05) is 101 Å². The first kappa shape index (κ1) is 20.6. The molecule has 0 bridgehead atoms. The third-order valence-electron chi connectivity index (χ3n) is 5.88. The van der Waals surface area contributed by atoms with E-state index in [9.17, 15) is 8.42 Å². The predicted molar refractivity (Wildman–Crippen MR) is 126 cm³/mol. The zero-order chi connectivity index (χ0) is 20.5. The Labute approximate surface area is 187 Å². The van der Waals surface area contributed by atoms with Gasteiger partial charge in [-0.25, -0.2) is 8.42 Å². The zero-order valence-electron chi connectivity index (χ0n) is 16.3. The van der Waals surface area contributed by atoms with Crippen molar-refractivity contribution in [1.82, 2.24) is 4.31 Å². The Morgan fingerprint density at radius 2 is 1.41 bits per heavy atom. The minimum absolute atomic E-state index is 0.0534. The molecule has 0 saturated carbocycles. The molecule has 3 aromatic rings. The molecule has 0 spiro atoms. The molecule has 150 valence electrons. The summed E-state index contributed by atoms with van der Waals surface area (Å²) in [4.78, 5) is 0.370. The molecule has 1 atom stereocenters. The van der Waals surface area contributed by atoms with E-state index in [0.717, 1.165) is 16.4 Å². The van der Waals surface area contributed by atoms with E-state index >= 15 is 0 Å². The van der Waals surface area contributed by atoms with E-state index < -0.39 is 10.0 Å². The highest BCUT2D eigenvalue weighted by Crippen LogP contribution is 2.45. The average Bonchev–Trinajstić information content (AvgIpc) is 3.17. The second-order valence-electron chi connectivity index (χ2n) is 7.69. The summed E-state index contributed by atoms with van der Waals surface area (Å²) < 4.78 is 29.7. The van der Waals surface area contributed by atoms with Gasteiger partial charge < -0.3 is 0 Å². The van der Waals surface area contributed by atoms with Crippen LogP contribution in [-0.2, 0) is 15.4 Å². The Hall–Kier alpha value is -1.70. The van der Waals surface area contributed by atoms with Crippen LogP contribution in [0.25, 0.3) is 0 Å². The fourth-order valence-electron chi connectivity index (χ4n) is 4.32. The number of benzene rings is 3. The molecule has 29 heavy (non-hydrogen) atoms. The van der Waals surface area contributed by atoms with Gasteiger partial charge in [0.1, 0.15) is 0 Å². The summed E-state index contributed by atoms with van der Waals surface area (Å²) in [5, 5.41) is 0. The Balaban J connectivity index is 1.83. The lowest BCUT2D eigenvalue weighted by Crippen LogP contribution is -2.38. The van der Waals surface area contributed by atoms with Crippen LogP contribution in [0.1, 0.15) is 23.1 Å². The second-order valence-corrected chi connectivity index (χ2v) is 10.5. The lowest BCUT2D eigenvalue weighted by molar-refractivity contribution is 0.409. The Morgan fingerprint density at radius 1 is 0.897 bits per heavy atom. The Kier molecular flexibility index (Phi) is 5.82. The smallest absolute Gasteiger partial charge is 0.207 e. The fourth-order valence-corrected chi connectivity index (χ4v) is 7.06. The lowest BCUT2D eigenvalue weighted by Gasteiger charge is -2.30. The molecule has 0 aromatic heterocycles. The molecule has 1 saturated heterocycles. The number of halogens is 1. The van der Waals surface area contributed by atoms with E-state index in [1.807, 2.05) is 55.5 Å². The average molecular weight is 517 g/mol. The maximum absolute atomic E-state index is 13.6. The van der Waals surface area contributed by atoms with Crippen LogP contribution in [0.3, 0.4) is 0 Å². The number of nitrogens with zero attached hydrogens (tertiary/aromatic N) is 1. The minimum Gasteiger partial charge on any atom is -0.207 e. The van der Waals surface area contributed by atoms with Crippen molar-refractivity contribution in [3.8, 4) is 0 Å². The van der Waals surface area contributed by atoms with E-state index in [1.165, 1.54) is 11.1 Å². The summed E-state index contributed by atoms with van der Waals surface area (Å²) in [6, 6.07) is 27.8. The van der Waals surface area contributed by atoms with Crippen LogP contribution in [0.5, 0.6) is 0 Å². The van der Waals surface area contributed by atoms with Crippen LogP contribution in [0.2, 0.25) is 0 Å². The molecular formula is C24H24INO2S. The largest absolute Gasteiger partial charge is 0.243 e. The second kappa shape index (κ2) is 8.20. The molecule has 1 heterocycles. The summed E-state index contributed by atoms with van der Waals surface area (Å²) in [6.45, 7) is 2.42. The molecule has 0 N–H and O–H groups in total. The van der Waals surface area contributed by atoms with Crippen LogP contribution in [0.4, 0.5) is 0 Å². The standard InChI is InChI=1S/C24H24INO2S/c1-19-12-14-23(15-13-19)29(27,28)26-18-24(16-22(26)17-25,20-8-4-2-5-9-20)21-10-6-3-7-11-21/h2-15,22H,16-18H2,1H3. The van der Waals surface area contributed by atoms with E-state index in [-0.39, 0.29) is 11.5 Å². The predicted octanol–water partition coefficient (Wildman–Crippen LogP) is 5.18. The van der Waals surface area contributed by atoms with E-state index in [0.29, 0.717) is 11.4 Å². The number of sulfonamides is 1. The maximum atomic E-state index is 13.6. The third kappa shape index (κ3) is 3.76. The Morgan fingerprint density at radius 3 is 1.90 bits per heavy atom. The van der Waals surface area contributed by atoms with Crippen molar-refractivity contribution in [3.05, 3.63) is 102 Å². The summed E-state index contributed by atoms with van der Waals surface area (Å²) in [7, 11) is -3.58. The normalized spacial score (nSPS) is 19.3. The number of aryl methyl sites for hydroxylation is 1. The fraction of sp³-hybridized carbons (Fsp3) is 0.250. The highest BCUT2D eigenvalue weighted by molar-refractivity contribution is 14.1. The molecule has 1 fully saturated rings. The highest BCUT2D eigenvalue weighted by Gasteiger charge is 2.50. The van der Waals surface area contributed by atoms with Gasteiger partial charge in [-0.2, -0.15) is 4.31 Å². The van der Waals surface area contributed by atoms with Crippen molar-refractivity contribution in [2.45, 2.75) is 29.7 Å². The topological polar surface area (TPSA) is 37.4 Å². The highest BCUT2D eigenvalue weighted by atomic mass is 127. The third-order valence-corrected chi connectivity index (χ3v) is 8.80. The van der Waals surface area contributed by atoms with Crippen molar-refractivity contribution in [2.24, 2.45) is 0 Å². The summed E-state index contributed by atoms with van der Waals surface area (Å²) >= 11 is 2.32. The first-order valence-corrected chi connectivity index (χ1v) is 12.7. The van der Waals surface area contributed by atoms with E-state index in [4.69, 9.17) is 0 Å². The van der Waals surface area contributed by atoms with Gasteiger partial charge >= 0.3 is 0 Å². The number of hydrogen-bond acceptors (Lipinski definition) is 2. The molecule has 1 aliphatic rings. The maximum Gasteiger partial charge on any atom is 0.243 e. The van der Waals surface area contributed by atoms with Gasteiger partial charge in [0.05, 0.1) is 4.90 Å². The van der Waals surface area contributed by atoms with Crippen molar-refractivity contribution in [2.75, 3.05) is 11.0 Å². The van der Waals surface area contributed by atoms with Gasteiger partial charge in [-0.3, -0.25) is 0 Å². The van der Waals surface area contributed by atoms with Crippen LogP contribution < -0.4 is 0 Å². The molecule has 1 aliphatic heterocycles.